The van der Waals surface area contributed by atoms with Crippen molar-refractivity contribution >= 4 is 5.91 Å². The van der Waals surface area contributed by atoms with Crippen molar-refractivity contribution in [1.82, 2.24) is 5.32 Å². The van der Waals surface area contributed by atoms with Crippen LogP contribution in [0.5, 0.6) is 0 Å². The standard InChI is InChI=1S/C11H15NO2/c1-7(13)12-11-9-5-3-2-4-8(9)6-10(11)14/h2-5,8-11,14H,6H2,1H3,(H,12,13). The third-order valence-electron chi connectivity index (χ3n) is 3.01. The highest BCUT2D eigenvalue weighted by Gasteiger charge is 2.40. The summed E-state index contributed by atoms with van der Waals surface area (Å²) in [6, 6.07) is -0.112. The molecular weight excluding hydrogens is 178 g/mol. The van der Waals surface area contributed by atoms with Gasteiger partial charge in [0.1, 0.15) is 0 Å². The Balaban J connectivity index is 2.13. The molecule has 76 valence electrons. The van der Waals surface area contributed by atoms with Crippen LogP contribution in [0, 0.1) is 11.8 Å². The van der Waals surface area contributed by atoms with Crippen LogP contribution in [0.4, 0.5) is 0 Å². The molecule has 2 N–H and O–H groups in total. The molecule has 0 radical (unpaired) electrons. The molecule has 0 bridgehead atoms. The molecule has 3 heteroatoms. The maximum atomic E-state index is 11.0. The Kier molecular flexibility index (Phi) is 2.42. The average molecular weight is 193 g/mol. The highest BCUT2D eigenvalue weighted by Crippen LogP contribution is 2.36. The van der Waals surface area contributed by atoms with Crippen LogP contribution < -0.4 is 5.32 Å². The van der Waals surface area contributed by atoms with Crippen LogP contribution in [0.1, 0.15) is 13.3 Å². The number of amides is 1. The summed E-state index contributed by atoms with van der Waals surface area (Å²) in [6.07, 6.45) is 8.49. The fraction of sp³-hybridized carbons (Fsp3) is 0.545. The van der Waals surface area contributed by atoms with Crippen molar-refractivity contribution in [3.05, 3.63) is 24.3 Å². The topological polar surface area (TPSA) is 49.3 Å². The minimum absolute atomic E-state index is 0.0716. The number of carbonyl (C=O) groups excluding carboxylic acids is 1. The minimum atomic E-state index is -0.415. The van der Waals surface area contributed by atoms with Crippen LogP contribution in [0.3, 0.4) is 0 Å². The van der Waals surface area contributed by atoms with Gasteiger partial charge in [-0.15, -0.1) is 0 Å². The predicted molar refractivity (Wildman–Crippen MR) is 53.5 cm³/mol. The molecule has 14 heavy (non-hydrogen) atoms. The quantitative estimate of drug-likeness (QED) is 0.641. The van der Waals surface area contributed by atoms with Gasteiger partial charge in [-0.05, 0) is 12.3 Å². The lowest BCUT2D eigenvalue weighted by atomic mass is 9.90. The summed E-state index contributed by atoms with van der Waals surface area (Å²) in [7, 11) is 0. The minimum Gasteiger partial charge on any atom is -0.391 e. The fourth-order valence-corrected chi connectivity index (χ4v) is 2.40. The molecule has 3 nitrogen and oxygen atoms in total. The third kappa shape index (κ3) is 1.60. The Hall–Kier alpha value is -1.09. The van der Waals surface area contributed by atoms with Crippen LogP contribution in [0.2, 0.25) is 0 Å². The van der Waals surface area contributed by atoms with Gasteiger partial charge in [-0.2, -0.15) is 0 Å². The molecule has 4 atom stereocenters. The fourth-order valence-electron chi connectivity index (χ4n) is 2.40. The highest BCUT2D eigenvalue weighted by atomic mass is 16.3. The van der Waals surface area contributed by atoms with Crippen LogP contribution in [-0.4, -0.2) is 23.2 Å². The number of aliphatic hydroxyl groups is 1. The maximum absolute atomic E-state index is 11.0. The maximum Gasteiger partial charge on any atom is 0.217 e. The van der Waals surface area contributed by atoms with Gasteiger partial charge in [-0.25, -0.2) is 0 Å². The molecule has 0 heterocycles. The first-order chi connectivity index (χ1) is 6.68. The zero-order chi connectivity index (χ0) is 10.1. The van der Waals surface area contributed by atoms with E-state index in [1.54, 1.807) is 0 Å². The van der Waals surface area contributed by atoms with Crippen molar-refractivity contribution in [3.63, 3.8) is 0 Å². The van der Waals surface area contributed by atoms with Crippen molar-refractivity contribution in [1.29, 1.82) is 0 Å². The summed E-state index contributed by atoms with van der Waals surface area (Å²) >= 11 is 0. The number of carbonyl (C=O) groups is 1. The van der Waals surface area contributed by atoms with Gasteiger partial charge in [0.25, 0.3) is 0 Å². The molecule has 4 unspecified atom stereocenters. The van der Waals surface area contributed by atoms with Crippen molar-refractivity contribution in [3.8, 4) is 0 Å². The molecule has 2 rings (SSSR count). The van der Waals surface area contributed by atoms with Gasteiger partial charge in [0.15, 0.2) is 0 Å². The van der Waals surface area contributed by atoms with Crippen LogP contribution in [0.15, 0.2) is 24.3 Å². The summed E-state index contributed by atoms with van der Waals surface area (Å²) in [5, 5.41) is 12.6. The molecule has 2 aliphatic carbocycles. The van der Waals surface area contributed by atoms with E-state index < -0.39 is 6.10 Å². The summed E-state index contributed by atoms with van der Waals surface area (Å²) < 4.78 is 0. The number of rotatable bonds is 1. The number of hydrogen-bond donors (Lipinski definition) is 2. The molecule has 2 aliphatic rings. The average Bonchev–Trinajstić information content (AvgIpc) is 2.43. The van der Waals surface area contributed by atoms with Gasteiger partial charge in [-0.3, -0.25) is 4.79 Å². The van der Waals surface area contributed by atoms with Crippen molar-refractivity contribution in [2.75, 3.05) is 0 Å². The molecule has 0 aliphatic heterocycles. The molecule has 0 spiro atoms. The van der Waals surface area contributed by atoms with E-state index in [2.05, 4.69) is 17.5 Å². The largest absolute Gasteiger partial charge is 0.391 e. The molecule has 1 fully saturated rings. The van der Waals surface area contributed by atoms with Crippen molar-refractivity contribution in [2.45, 2.75) is 25.5 Å². The first-order valence-corrected chi connectivity index (χ1v) is 4.98. The van der Waals surface area contributed by atoms with Crippen molar-refractivity contribution in [2.24, 2.45) is 11.8 Å². The second kappa shape index (κ2) is 3.58. The van der Waals surface area contributed by atoms with Crippen molar-refractivity contribution < 1.29 is 9.90 Å². The van der Waals surface area contributed by atoms with Crippen LogP contribution in [-0.2, 0) is 4.79 Å². The summed E-state index contributed by atoms with van der Waals surface area (Å²) in [4.78, 5) is 11.0. The lowest BCUT2D eigenvalue weighted by Gasteiger charge is -2.23. The predicted octanol–water partition coefficient (Wildman–Crippen LogP) is 0.614. The number of nitrogens with one attached hydrogen (secondary N) is 1. The Morgan fingerprint density at radius 3 is 2.86 bits per heavy atom. The highest BCUT2D eigenvalue weighted by molar-refractivity contribution is 5.73. The van der Waals surface area contributed by atoms with E-state index >= 15 is 0 Å². The second-order valence-electron chi connectivity index (χ2n) is 4.04. The smallest absolute Gasteiger partial charge is 0.217 e. The van der Waals surface area contributed by atoms with Gasteiger partial charge in [-0.1, -0.05) is 24.3 Å². The third-order valence-corrected chi connectivity index (χ3v) is 3.01. The summed E-state index contributed by atoms with van der Waals surface area (Å²) in [5.41, 5.74) is 0. The van der Waals surface area contributed by atoms with Crippen LogP contribution >= 0.6 is 0 Å². The molecule has 0 aromatic carbocycles. The van der Waals surface area contributed by atoms with Gasteiger partial charge in [0.2, 0.25) is 5.91 Å². The number of aliphatic hydroxyl groups excluding tert-OH is 1. The van der Waals surface area contributed by atoms with E-state index in [0.29, 0.717) is 5.92 Å². The first kappa shape index (κ1) is 9.46. The normalized spacial score (nSPS) is 39.6. The molecule has 0 aromatic heterocycles. The zero-order valence-electron chi connectivity index (χ0n) is 8.18. The van der Waals surface area contributed by atoms with Gasteiger partial charge in [0, 0.05) is 12.8 Å². The Morgan fingerprint density at radius 2 is 2.14 bits per heavy atom. The summed E-state index contributed by atoms with van der Waals surface area (Å²) in [6.45, 7) is 1.49. The van der Waals surface area contributed by atoms with E-state index in [4.69, 9.17) is 0 Å². The van der Waals surface area contributed by atoms with E-state index in [0.717, 1.165) is 6.42 Å². The van der Waals surface area contributed by atoms with Crippen LogP contribution in [0.25, 0.3) is 0 Å². The lowest BCUT2D eigenvalue weighted by molar-refractivity contribution is -0.120. The molecule has 0 saturated heterocycles. The second-order valence-corrected chi connectivity index (χ2v) is 4.04. The number of allylic oxidation sites excluding steroid dienone is 3. The monoisotopic (exact) mass is 193 g/mol. The number of fused-ring (bicyclic) bond motifs is 1. The van der Waals surface area contributed by atoms with E-state index in [1.807, 2.05) is 12.2 Å². The molecule has 1 amide bonds. The lowest BCUT2D eigenvalue weighted by Crippen LogP contribution is -2.42. The molecular formula is C11H15NO2. The Morgan fingerprint density at radius 1 is 1.43 bits per heavy atom. The Bertz CT molecular complexity index is 296. The SMILES string of the molecule is CC(=O)NC1C(O)CC2C=CC=CC21. The Labute approximate surface area is 83.5 Å². The molecule has 0 aromatic rings. The van der Waals surface area contributed by atoms with Gasteiger partial charge < -0.3 is 10.4 Å². The van der Waals surface area contributed by atoms with Gasteiger partial charge >= 0.3 is 0 Å². The van der Waals surface area contributed by atoms with Gasteiger partial charge in [0.05, 0.1) is 12.1 Å². The van der Waals surface area contributed by atoms with E-state index in [-0.39, 0.29) is 17.9 Å². The first-order valence-electron chi connectivity index (χ1n) is 4.98. The molecule has 1 saturated carbocycles. The van der Waals surface area contributed by atoms with E-state index in [1.165, 1.54) is 6.92 Å². The zero-order valence-corrected chi connectivity index (χ0v) is 8.18. The van der Waals surface area contributed by atoms with E-state index in [9.17, 15) is 9.90 Å². The number of hydrogen-bond acceptors (Lipinski definition) is 2. The summed E-state index contributed by atoms with van der Waals surface area (Å²) in [5.74, 6) is 0.573.